The smallest absolute Gasteiger partial charge is 0.140 e. The highest BCUT2D eigenvalue weighted by atomic mass is 35.5. The molecule has 0 aromatic heterocycles. The molecule has 0 amide bonds. The maximum Gasteiger partial charge on any atom is 0.140 e. The molecule has 0 bridgehead atoms. The molecule has 1 saturated heterocycles. The Kier molecular flexibility index (Phi) is 9.56. The maximum absolute atomic E-state index is 13.4. The fourth-order valence-corrected chi connectivity index (χ4v) is 2.66. The van der Waals surface area contributed by atoms with Gasteiger partial charge in [-0.25, -0.2) is 4.39 Å². The van der Waals surface area contributed by atoms with Crippen LogP contribution in [0.4, 0.5) is 4.39 Å². The Bertz CT molecular complexity index is 470. The molecule has 1 aromatic rings. The quantitative estimate of drug-likeness (QED) is 0.918. The van der Waals surface area contributed by atoms with E-state index in [0.717, 1.165) is 44.6 Å². The van der Waals surface area contributed by atoms with Gasteiger partial charge in [0, 0.05) is 32.2 Å². The highest BCUT2D eigenvalue weighted by molar-refractivity contribution is 5.85. The summed E-state index contributed by atoms with van der Waals surface area (Å²) in [7, 11) is 0. The molecule has 21 heavy (non-hydrogen) atoms. The predicted octanol–water partition coefficient (Wildman–Crippen LogP) is 3.29. The van der Waals surface area contributed by atoms with Crippen molar-refractivity contribution in [2.24, 2.45) is 0 Å². The first-order valence-corrected chi connectivity index (χ1v) is 6.90. The van der Waals surface area contributed by atoms with Gasteiger partial charge in [0.15, 0.2) is 0 Å². The van der Waals surface area contributed by atoms with Crippen LogP contribution in [0.3, 0.4) is 0 Å². The Morgan fingerprint density at radius 1 is 1.33 bits per heavy atom. The molecular formula is C15H22Cl2FN3. The van der Waals surface area contributed by atoms with Crippen LogP contribution >= 0.6 is 24.8 Å². The van der Waals surface area contributed by atoms with Gasteiger partial charge in [-0.3, -0.25) is 4.90 Å². The first kappa shape index (κ1) is 20.1. The summed E-state index contributed by atoms with van der Waals surface area (Å²) in [5.74, 6) is -0.429. The number of rotatable bonds is 4. The molecule has 1 aromatic carbocycles. The molecule has 0 radical (unpaired) electrons. The fourth-order valence-electron chi connectivity index (χ4n) is 2.66. The molecule has 3 nitrogen and oxygen atoms in total. The van der Waals surface area contributed by atoms with E-state index in [2.05, 4.69) is 17.1 Å². The van der Waals surface area contributed by atoms with Gasteiger partial charge in [0.1, 0.15) is 11.9 Å². The van der Waals surface area contributed by atoms with Crippen LogP contribution in [0.1, 0.15) is 36.9 Å². The highest BCUT2D eigenvalue weighted by Crippen LogP contribution is 2.27. The van der Waals surface area contributed by atoms with E-state index in [1.54, 1.807) is 6.07 Å². The van der Waals surface area contributed by atoms with Crippen molar-refractivity contribution in [3.8, 4) is 6.07 Å². The SMILES string of the molecule is CCC[C@@H](c1ccc(F)c(C#N)c1)N1CCNCC1.Cl.Cl. The molecule has 1 atom stereocenters. The van der Waals surface area contributed by atoms with Gasteiger partial charge in [-0.2, -0.15) is 5.26 Å². The molecule has 0 aliphatic carbocycles. The number of hydrogen-bond acceptors (Lipinski definition) is 3. The summed E-state index contributed by atoms with van der Waals surface area (Å²) in [5, 5.41) is 12.3. The summed E-state index contributed by atoms with van der Waals surface area (Å²) >= 11 is 0. The summed E-state index contributed by atoms with van der Waals surface area (Å²) in [4.78, 5) is 2.42. The second kappa shape index (κ2) is 9.97. The first-order chi connectivity index (χ1) is 9.26. The summed E-state index contributed by atoms with van der Waals surface area (Å²) in [5.41, 5.74) is 1.20. The minimum Gasteiger partial charge on any atom is -0.314 e. The van der Waals surface area contributed by atoms with Crippen LogP contribution < -0.4 is 5.32 Å². The lowest BCUT2D eigenvalue weighted by Gasteiger charge is -2.35. The monoisotopic (exact) mass is 333 g/mol. The van der Waals surface area contributed by atoms with Crippen molar-refractivity contribution in [3.63, 3.8) is 0 Å². The third-order valence-electron chi connectivity index (χ3n) is 3.65. The van der Waals surface area contributed by atoms with Crippen molar-refractivity contribution in [2.75, 3.05) is 26.2 Å². The number of nitrogens with one attached hydrogen (secondary N) is 1. The molecule has 1 N–H and O–H groups in total. The molecule has 1 heterocycles. The zero-order valence-corrected chi connectivity index (χ0v) is 13.8. The van der Waals surface area contributed by atoms with Crippen LogP contribution in [-0.4, -0.2) is 31.1 Å². The van der Waals surface area contributed by atoms with Crippen LogP contribution in [0.25, 0.3) is 0 Å². The lowest BCUT2D eigenvalue weighted by atomic mass is 9.98. The summed E-state index contributed by atoms with van der Waals surface area (Å²) < 4.78 is 13.4. The minimum atomic E-state index is -0.429. The average molecular weight is 334 g/mol. The Hall–Kier alpha value is -0.860. The van der Waals surface area contributed by atoms with Gasteiger partial charge in [0.25, 0.3) is 0 Å². The minimum absolute atomic E-state index is 0. The van der Waals surface area contributed by atoms with Gasteiger partial charge >= 0.3 is 0 Å². The molecule has 1 aliphatic rings. The van der Waals surface area contributed by atoms with E-state index in [1.165, 1.54) is 6.07 Å². The van der Waals surface area contributed by atoms with Crippen LogP contribution in [0.5, 0.6) is 0 Å². The Morgan fingerprint density at radius 2 is 2.00 bits per heavy atom. The Labute approximate surface area is 138 Å². The van der Waals surface area contributed by atoms with Gasteiger partial charge in [-0.05, 0) is 24.1 Å². The first-order valence-electron chi connectivity index (χ1n) is 6.90. The van der Waals surface area contributed by atoms with Crippen molar-refractivity contribution in [1.82, 2.24) is 10.2 Å². The Balaban J connectivity index is 0.00000200. The second-order valence-electron chi connectivity index (χ2n) is 4.94. The highest BCUT2D eigenvalue weighted by Gasteiger charge is 2.22. The fraction of sp³-hybridized carbons (Fsp3) is 0.533. The van der Waals surface area contributed by atoms with E-state index in [1.807, 2.05) is 12.1 Å². The average Bonchev–Trinajstić information content (AvgIpc) is 2.46. The summed E-state index contributed by atoms with van der Waals surface area (Å²) in [6.07, 6.45) is 2.12. The van der Waals surface area contributed by atoms with Gasteiger partial charge in [0.05, 0.1) is 5.56 Å². The molecule has 0 spiro atoms. The third kappa shape index (κ3) is 5.12. The molecular weight excluding hydrogens is 312 g/mol. The number of halogens is 3. The molecule has 0 saturated carbocycles. The van der Waals surface area contributed by atoms with Gasteiger partial charge in [-0.1, -0.05) is 19.4 Å². The second-order valence-corrected chi connectivity index (χ2v) is 4.94. The van der Waals surface area contributed by atoms with Gasteiger partial charge in [-0.15, -0.1) is 24.8 Å². The number of hydrogen-bond donors (Lipinski definition) is 1. The lowest BCUT2D eigenvalue weighted by Crippen LogP contribution is -2.45. The van der Waals surface area contributed by atoms with Crippen molar-refractivity contribution in [3.05, 3.63) is 35.1 Å². The van der Waals surface area contributed by atoms with E-state index in [-0.39, 0.29) is 30.4 Å². The summed E-state index contributed by atoms with van der Waals surface area (Å²) in [6.45, 7) is 6.15. The number of nitriles is 1. The molecule has 0 unspecified atom stereocenters. The van der Waals surface area contributed by atoms with Crippen LogP contribution in [0, 0.1) is 17.1 Å². The van der Waals surface area contributed by atoms with E-state index >= 15 is 0 Å². The van der Waals surface area contributed by atoms with E-state index < -0.39 is 5.82 Å². The van der Waals surface area contributed by atoms with Gasteiger partial charge in [0.2, 0.25) is 0 Å². The van der Waals surface area contributed by atoms with Crippen molar-refractivity contribution in [2.45, 2.75) is 25.8 Å². The standard InChI is InChI=1S/C15H20FN3.2ClH/c1-2-3-15(19-8-6-18-7-9-19)12-4-5-14(16)13(10-12)11-17;;/h4-5,10,15,18H,2-3,6-9H2,1H3;2*1H/t15-;;/m0../s1. The molecule has 2 rings (SSSR count). The van der Waals surface area contributed by atoms with Crippen molar-refractivity contribution >= 4 is 24.8 Å². The van der Waals surface area contributed by atoms with E-state index in [0.29, 0.717) is 6.04 Å². The van der Waals surface area contributed by atoms with Crippen molar-refractivity contribution < 1.29 is 4.39 Å². The zero-order chi connectivity index (χ0) is 13.7. The predicted molar refractivity (Wildman–Crippen MR) is 87.7 cm³/mol. The number of piperazine rings is 1. The van der Waals surface area contributed by atoms with Gasteiger partial charge < -0.3 is 5.32 Å². The summed E-state index contributed by atoms with van der Waals surface area (Å²) in [6, 6.07) is 7.16. The number of nitrogens with zero attached hydrogens (tertiary/aromatic N) is 2. The maximum atomic E-state index is 13.4. The molecule has 1 aliphatic heterocycles. The van der Waals surface area contributed by atoms with E-state index in [9.17, 15) is 4.39 Å². The van der Waals surface area contributed by atoms with Crippen LogP contribution in [0.2, 0.25) is 0 Å². The molecule has 6 heteroatoms. The van der Waals surface area contributed by atoms with Crippen LogP contribution in [0.15, 0.2) is 18.2 Å². The Morgan fingerprint density at radius 3 is 2.57 bits per heavy atom. The third-order valence-corrected chi connectivity index (χ3v) is 3.65. The largest absolute Gasteiger partial charge is 0.314 e. The lowest BCUT2D eigenvalue weighted by molar-refractivity contribution is 0.164. The number of benzene rings is 1. The topological polar surface area (TPSA) is 39.1 Å². The van der Waals surface area contributed by atoms with Crippen molar-refractivity contribution in [1.29, 1.82) is 5.26 Å². The normalized spacial score (nSPS) is 16.2. The molecule has 118 valence electrons. The zero-order valence-electron chi connectivity index (χ0n) is 12.1. The van der Waals surface area contributed by atoms with Crippen LogP contribution in [-0.2, 0) is 0 Å². The van der Waals surface area contributed by atoms with E-state index in [4.69, 9.17) is 5.26 Å². The molecule has 1 fully saturated rings.